The van der Waals surface area contributed by atoms with Gasteiger partial charge < -0.3 is 15.1 Å². The fourth-order valence-electron chi connectivity index (χ4n) is 3.24. The zero-order valence-corrected chi connectivity index (χ0v) is 11.3. The van der Waals surface area contributed by atoms with E-state index in [1.807, 2.05) is 12.2 Å². The van der Waals surface area contributed by atoms with E-state index in [2.05, 4.69) is 0 Å². The summed E-state index contributed by atoms with van der Waals surface area (Å²) in [5, 5.41) is 18.6. The highest BCUT2D eigenvalue weighted by Crippen LogP contribution is 2.48. The molecule has 5 heteroatoms. The van der Waals surface area contributed by atoms with Gasteiger partial charge in [0.1, 0.15) is 0 Å². The van der Waals surface area contributed by atoms with E-state index in [9.17, 15) is 19.8 Å². The smallest absolute Gasteiger partial charge is 0.307 e. The summed E-state index contributed by atoms with van der Waals surface area (Å²) in [4.78, 5) is 25.3. The quantitative estimate of drug-likeness (QED) is 0.720. The van der Waals surface area contributed by atoms with Crippen LogP contribution in [0.15, 0.2) is 12.2 Å². The third-order valence-electron chi connectivity index (χ3n) is 4.29. The molecule has 0 heterocycles. The van der Waals surface area contributed by atoms with Crippen LogP contribution in [-0.4, -0.2) is 46.7 Å². The van der Waals surface area contributed by atoms with Crippen molar-refractivity contribution in [2.24, 2.45) is 23.7 Å². The van der Waals surface area contributed by atoms with Gasteiger partial charge >= 0.3 is 5.97 Å². The number of hydrogen-bond acceptors (Lipinski definition) is 3. The molecule has 0 saturated heterocycles. The van der Waals surface area contributed by atoms with Gasteiger partial charge in [-0.2, -0.15) is 0 Å². The third-order valence-corrected chi connectivity index (χ3v) is 4.29. The maximum absolute atomic E-state index is 12.4. The molecule has 2 aliphatic rings. The first kappa shape index (κ1) is 14.1. The number of aliphatic carboxylic acids is 1. The molecule has 19 heavy (non-hydrogen) atoms. The van der Waals surface area contributed by atoms with Gasteiger partial charge in [-0.05, 0) is 31.6 Å². The number of aliphatic hydroxyl groups excluding tert-OH is 1. The number of hydrogen-bond donors (Lipinski definition) is 2. The highest BCUT2D eigenvalue weighted by atomic mass is 16.4. The Balaban J connectivity index is 2.05. The van der Waals surface area contributed by atoms with Crippen molar-refractivity contribution in [2.75, 3.05) is 13.6 Å². The number of allylic oxidation sites excluding steroid dienone is 2. The normalized spacial score (nSPS) is 33.4. The number of carboxylic acids is 1. The van der Waals surface area contributed by atoms with Crippen LogP contribution in [0.25, 0.3) is 0 Å². The zero-order valence-electron chi connectivity index (χ0n) is 11.3. The van der Waals surface area contributed by atoms with Gasteiger partial charge in [0, 0.05) is 13.6 Å². The van der Waals surface area contributed by atoms with Crippen molar-refractivity contribution in [1.82, 2.24) is 4.90 Å². The van der Waals surface area contributed by atoms with E-state index < -0.39 is 23.9 Å². The lowest BCUT2D eigenvalue weighted by Gasteiger charge is -2.28. The summed E-state index contributed by atoms with van der Waals surface area (Å²) in [6, 6.07) is 0. The Morgan fingerprint density at radius 1 is 1.32 bits per heavy atom. The molecule has 5 atom stereocenters. The number of fused-ring (bicyclic) bond motifs is 2. The van der Waals surface area contributed by atoms with Crippen molar-refractivity contribution in [3.63, 3.8) is 0 Å². The first-order valence-electron chi connectivity index (χ1n) is 6.76. The number of amides is 1. The predicted molar refractivity (Wildman–Crippen MR) is 69.3 cm³/mol. The summed E-state index contributed by atoms with van der Waals surface area (Å²) < 4.78 is 0. The highest BCUT2D eigenvalue weighted by molar-refractivity contribution is 5.86. The summed E-state index contributed by atoms with van der Waals surface area (Å²) in [6.45, 7) is 2.14. The van der Waals surface area contributed by atoms with Gasteiger partial charge in [-0.3, -0.25) is 9.59 Å². The molecule has 2 rings (SSSR count). The Hall–Kier alpha value is -1.36. The molecular weight excluding hydrogens is 246 g/mol. The maximum Gasteiger partial charge on any atom is 0.307 e. The molecule has 1 saturated carbocycles. The molecule has 2 bridgehead atoms. The molecule has 0 aliphatic heterocycles. The van der Waals surface area contributed by atoms with Gasteiger partial charge in [0.05, 0.1) is 17.9 Å². The second-order valence-corrected chi connectivity index (χ2v) is 5.74. The average molecular weight is 267 g/mol. The van der Waals surface area contributed by atoms with Crippen molar-refractivity contribution in [1.29, 1.82) is 0 Å². The van der Waals surface area contributed by atoms with Crippen molar-refractivity contribution in [2.45, 2.75) is 25.9 Å². The maximum atomic E-state index is 12.4. The van der Waals surface area contributed by atoms with E-state index in [-0.39, 0.29) is 17.7 Å². The molecule has 1 fully saturated rings. The first-order chi connectivity index (χ1) is 8.91. The van der Waals surface area contributed by atoms with E-state index in [1.54, 1.807) is 18.9 Å². The summed E-state index contributed by atoms with van der Waals surface area (Å²) in [5.41, 5.74) is 0. The lowest BCUT2D eigenvalue weighted by atomic mass is 9.82. The molecule has 5 nitrogen and oxygen atoms in total. The molecule has 5 unspecified atom stereocenters. The van der Waals surface area contributed by atoms with Crippen LogP contribution in [0.5, 0.6) is 0 Å². The number of carbonyl (C=O) groups excluding carboxylic acids is 1. The minimum atomic E-state index is -0.876. The van der Waals surface area contributed by atoms with Crippen LogP contribution in [0.3, 0.4) is 0 Å². The Morgan fingerprint density at radius 2 is 1.89 bits per heavy atom. The van der Waals surface area contributed by atoms with Crippen LogP contribution in [0.4, 0.5) is 0 Å². The van der Waals surface area contributed by atoms with Gasteiger partial charge in [-0.15, -0.1) is 0 Å². The lowest BCUT2D eigenvalue weighted by molar-refractivity contribution is -0.150. The molecule has 0 aromatic heterocycles. The second-order valence-electron chi connectivity index (χ2n) is 5.74. The summed E-state index contributed by atoms with van der Waals surface area (Å²) in [6.07, 6.45) is 4.75. The Bertz CT molecular complexity index is 404. The van der Waals surface area contributed by atoms with Gasteiger partial charge in [-0.1, -0.05) is 12.2 Å². The highest BCUT2D eigenvalue weighted by Gasteiger charge is 2.52. The van der Waals surface area contributed by atoms with Crippen LogP contribution >= 0.6 is 0 Å². The molecule has 0 aromatic carbocycles. The fourth-order valence-corrected chi connectivity index (χ4v) is 3.24. The monoisotopic (exact) mass is 267 g/mol. The first-order valence-corrected chi connectivity index (χ1v) is 6.76. The van der Waals surface area contributed by atoms with E-state index in [1.165, 1.54) is 0 Å². The average Bonchev–Trinajstić information content (AvgIpc) is 2.94. The molecule has 0 spiro atoms. The van der Waals surface area contributed by atoms with Gasteiger partial charge in [0.25, 0.3) is 0 Å². The second kappa shape index (κ2) is 5.33. The van der Waals surface area contributed by atoms with E-state index in [0.717, 1.165) is 6.42 Å². The molecular formula is C14H21NO4. The molecule has 0 radical (unpaired) electrons. The molecule has 106 valence electrons. The van der Waals surface area contributed by atoms with Crippen LogP contribution in [-0.2, 0) is 9.59 Å². The van der Waals surface area contributed by atoms with Crippen LogP contribution in [0.2, 0.25) is 0 Å². The van der Waals surface area contributed by atoms with Crippen molar-refractivity contribution in [3.8, 4) is 0 Å². The molecule has 2 aliphatic carbocycles. The van der Waals surface area contributed by atoms with Crippen LogP contribution in [0, 0.1) is 23.7 Å². The topological polar surface area (TPSA) is 77.8 Å². The van der Waals surface area contributed by atoms with E-state index >= 15 is 0 Å². The summed E-state index contributed by atoms with van der Waals surface area (Å²) in [5.74, 6) is -1.94. The van der Waals surface area contributed by atoms with Crippen molar-refractivity contribution < 1.29 is 19.8 Å². The van der Waals surface area contributed by atoms with Gasteiger partial charge in [-0.25, -0.2) is 0 Å². The minimum absolute atomic E-state index is 0.00150. The SMILES string of the molecule is CC(O)CCN(C)C(=O)C1C2C=CC(C2)C1C(=O)O. The lowest BCUT2D eigenvalue weighted by Crippen LogP contribution is -2.41. The number of carboxylic acid groups (broad SMARTS) is 1. The van der Waals surface area contributed by atoms with Crippen LogP contribution in [0.1, 0.15) is 19.8 Å². The number of rotatable bonds is 5. The summed E-state index contributed by atoms with van der Waals surface area (Å²) in [7, 11) is 1.68. The molecule has 0 aromatic rings. The molecule has 1 amide bonds. The van der Waals surface area contributed by atoms with Crippen LogP contribution < -0.4 is 0 Å². The van der Waals surface area contributed by atoms with Crippen molar-refractivity contribution in [3.05, 3.63) is 12.2 Å². The zero-order chi connectivity index (χ0) is 14.2. The Labute approximate surface area is 112 Å². The van der Waals surface area contributed by atoms with E-state index in [4.69, 9.17) is 0 Å². The standard InChI is InChI=1S/C14H21NO4/c1-8(16)5-6-15(2)13(17)11-9-3-4-10(7-9)12(11)14(18)19/h3-4,8-12,16H,5-7H2,1-2H3,(H,18,19). The number of nitrogens with zero attached hydrogens (tertiary/aromatic N) is 1. The molecule has 2 N–H and O–H groups in total. The number of carbonyl (C=O) groups is 2. The Kier molecular flexibility index (Phi) is 3.94. The Morgan fingerprint density at radius 3 is 2.42 bits per heavy atom. The predicted octanol–water partition coefficient (Wildman–Crippen LogP) is 0.739. The third kappa shape index (κ3) is 2.66. The van der Waals surface area contributed by atoms with Gasteiger partial charge in [0.15, 0.2) is 0 Å². The minimum Gasteiger partial charge on any atom is -0.481 e. The fraction of sp³-hybridized carbons (Fsp3) is 0.714. The summed E-state index contributed by atoms with van der Waals surface area (Å²) >= 11 is 0. The number of aliphatic hydroxyl groups is 1. The van der Waals surface area contributed by atoms with Gasteiger partial charge in [0.2, 0.25) is 5.91 Å². The van der Waals surface area contributed by atoms with E-state index in [0.29, 0.717) is 13.0 Å². The largest absolute Gasteiger partial charge is 0.481 e. The van der Waals surface area contributed by atoms with Crippen molar-refractivity contribution >= 4 is 11.9 Å².